The molecule has 12 heavy (non-hydrogen) atoms. The Morgan fingerprint density at radius 2 is 1.83 bits per heavy atom. The summed E-state index contributed by atoms with van der Waals surface area (Å²) in [5.74, 6) is -4.34. The number of aliphatic carboxylic acids is 1. The number of hydrogen-bond acceptors (Lipinski definition) is 2. The summed E-state index contributed by atoms with van der Waals surface area (Å²) in [6.45, 7) is -1.72. The van der Waals surface area contributed by atoms with Crippen LogP contribution in [0, 0.1) is 5.92 Å². The number of halogens is 4. The monoisotopic (exact) mass is 196 g/mol. The Morgan fingerprint density at radius 1 is 1.42 bits per heavy atom. The molecule has 1 unspecified atom stereocenters. The summed E-state index contributed by atoms with van der Waals surface area (Å²) >= 11 is 0. The second-order valence-corrected chi connectivity index (χ2v) is 1.97. The number of rotatable bonds is 3. The Bertz CT molecular complexity index is 147. The van der Waals surface area contributed by atoms with Crippen LogP contribution in [0.5, 0.6) is 0 Å². The molecule has 0 spiro atoms. The van der Waals surface area contributed by atoms with Crippen molar-refractivity contribution in [3.05, 3.63) is 0 Å². The largest absolute Gasteiger partial charge is 1.00 e. The van der Waals surface area contributed by atoms with Gasteiger partial charge in [-0.15, -0.1) is 0 Å². The maximum Gasteiger partial charge on any atom is 1.00 e. The van der Waals surface area contributed by atoms with Gasteiger partial charge in [0.05, 0.1) is 5.92 Å². The topological polar surface area (TPSA) is 40.1 Å². The molecule has 0 aliphatic rings. The summed E-state index contributed by atoms with van der Waals surface area (Å²) in [7, 11) is 0. The van der Waals surface area contributed by atoms with E-state index >= 15 is 0 Å². The van der Waals surface area contributed by atoms with Crippen LogP contribution in [0.2, 0.25) is 0 Å². The molecule has 0 rings (SSSR count). The van der Waals surface area contributed by atoms with Gasteiger partial charge in [-0.05, 0) is 0 Å². The number of carbonyl (C=O) groups excluding carboxylic acids is 1. The number of alkyl halides is 4. The minimum absolute atomic E-state index is 0. The predicted molar refractivity (Wildman–Crippen MR) is 25.1 cm³/mol. The van der Waals surface area contributed by atoms with E-state index in [4.69, 9.17) is 0 Å². The van der Waals surface area contributed by atoms with Crippen LogP contribution >= 0.6 is 0 Å². The summed E-state index contributed by atoms with van der Waals surface area (Å²) < 4.78 is 46.2. The second-order valence-electron chi connectivity index (χ2n) is 1.97. The van der Waals surface area contributed by atoms with Crippen LogP contribution in [-0.2, 0) is 4.79 Å². The van der Waals surface area contributed by atoms with E-state index in [1.807, 2.05) is 0 Å². The van der Waals surface area contributed by atoms with E-state index in [0.717, 1.165) is 0 Å². The van der Waals surface area contributed by atoms with Gasteiger partial charge in [0.2, 0.25) is 0 Å². The quantitative estimate of drug-likeness (QED) is 0.363. The van der Waals surface area contributed by atoms with E-state index in [2.05, 4.69) is 0 Å². The first-order valence-corrected chi connectivity index (χ1v) is 2.70. The van der Waals surface area contributed by atoms with Crippen molar-refractivity contribution in [3.63, 3.8) is 0 Å². The molecular formula is C5H5F4NaO2. The molecule has 0 aliphatic carbocycles. The average molecular weight is 196 g/mol. The van der Waals surface area contributed by atoms with Gasteiger partial charge in [0.25, 0.3) is 0 Å². The molecule has 0 aromatic rings. The molecule has 0 N–H and O–H groups in total. The normalized spacial score (nSPS) is 13.3. The third-order valence-corrected chi connectivity index (χ3v) is 1.06. The third kappa shape index (κ3) is 5.79. The van der Waals surface area contributed by atoms with Gasteiger partial charge in [0.1, 0.15) is 6.67 Å². The van der Waals surface area contributed by atoms with Gasteiger partial charge in [-0.2, -0.15) is 13.2 Å². The molecule has 0 aromatic heterocycles. The smallest absolute Gasteiger partial charge is 0.550 e. The van der Waals surface area contributed by atoms with Crippen LogP contribution in [-0.4, -0.2) is 18.8 Å². The molecule has 0 bridgehead atoms. The van der Waals surface area contributed by atoms with Gasteiger partial charge < -0.3 is 9.90 Å². The van der Waals surface area contributed by atoms with Crippen molar-refractivity contribution >= 4 is 5.97 Å². The first kappa shape index (κ1) is 14.7. The van der Waals surface area contributed by atoms with Gasteiger partial charge >= 0.3 is 35.7 Å². The maximum atomic E-state index is 11.5. The SMILES string of the molecule is O=C([O-])CC(CF)C(F)(F)F.[Na+]. The van der Waals surface area contributed by atoms with E-state index in [-0.39, 0.29) is 29.6 Å². The average Bonchev–Trinajstić information content (AvgIpc) is 1.79. The Kier molecular flexibility index (Phi) is 7.07. The summed E-state index contributed by atoms with van der Waals surface area (Å²) in [6, 6.07) is 0. The fraction of sp³-hybridized carbons (Fsp3) is 0.800. The molecule has 66 valence electrons. The van der Waals surface area contributed by atoms with Crippen molar-refractivity contribution in [2.75, 3.05) is 6.67 Å². The number of carbonyl (C=O) groups is 1. The predicted octanol–water partition coefficient (Wildman–Crippen LogP) is -2.72. The molecule has 0 radical (unpaired) electrons. The van der Waals surface area contributed by atoms with E-state index in [1.165, 1.54) is 0 Å². The summed E-state index contributed by atoms with van der Waals surface area (Å²) in [6.07, 6.45) is -6.12. The zero-order chi connectivity index (χ0) is 9.07. The fourth-order valence-electron chi connectivity index (χ4n) is 0.459. The molecule has 0 saturated heterocycles. The summed E-state index contributed by atoms with van der Waals surface area (Å²) in [5.41, 5.74) is 0. The molecule has 0 fully saturated rings. The fourth-order valence-corrected chi connectivity index (χ4v) is 0.459. The van der Waals surface area contributed by atoms with Crippen LogP contribution in [0.1, 0.15) is 6.42 Å². The third-order valence-electron chi connectivity index (χ3n) is 1.06. The van der Waals surface area contributed by atoms with Crippen LogP contribution in [0.3, 0.4) is 0 Å². The van der Waals surface area contributed by atoms with Crippen molar-refractivity contribution in [1.29, 1.82) is 0 Å². The first-order valence-electron chi connectivity index (χ1n) is 2.70. The van der Waals surface area contributed by atoms with E-state index in [0.29, 0.717) is 0 Å². The van der Waals surface area contributed by atoms with Crippen LogP contribution in [0.4, 0.5) is 17.6 Å². The first-order chi connectivity index (χ1) is 4.88. The van der Waals surface area contributed by atoms with Crippen molar-refractivity contribution in [2.24, 2.45) is 5.92 Å². The van der Waals surface area contributed by atoms with E-state index < -0.39 is 31.2 Å². The summed E-state index contributed by atoms with van der Waals surface area (Å²) in [5, 5.41) is 9.64. The van der Waals surface area contributed by atoms with Crippen LogP contribution in [0.25, 0.3) is 0 Å². The zero-order valence-electron chi connectivity index (χ0n) is 6.32. The molecule has 0 amide bonds. The number of carboxylic acid groups (broad SMARTS) is 1. The van der Waals surface area contributed by atoms with E-state index in [9.17, 15) is 27.5 Å². The van der Waals surface area contributed by atoms with E-state index in [1.54, 1.807) is 0 Å². The molecular weight excluding hydrogens is 191 g/mol. The van der Waals surface area contributed by atoms with Gasteiger partial charge in [-0.1, -0.05) is 0 Å². The van der Waals surface area contributed by atoms with Crippen LogP contribution < -0.4 is 34.7 Å². The maximum absolute atomic E-state index is 11.5. The standard InChI is InChI=1S/C5H6F4O2.Na/c6-2-3(1-4(10)11)5(7,8)9;/h3H,1-2H2,(H,10,11);/q;+1/p-1. The second kappa shape index (κ2) is 5.77. The van der Waals surface area contributed by atoms with Crippen molar-refractivity contribution in [3.8, 4) is 0 Å². The molecule has 2 nitrogen and oxygen atoms in total. The molecule has 0 aromatic carbocycles. The minimum Gasteiger partial charge on any atom is -0.550 e. The van der Waals surface area contributed by atoms with Gasteiger partial charge in [-0.25, -0.2) is 0 Å². The van der Waals surface area contributed by atoms with Gasteiger partial charge in [-0.3, -0.25) is 4.39 Å². The molecule has 0 heterocycles. The van der Waals surface area contributed by atoms with Crippen molar-refractivity contribution in [1.82, 2.24) is 0 Å². The van der Waals surface area contributed by atoms with Crippen LogP contribution in [0.15, 0.2) is 0 Å². The summed E-state index contributed by atoms with van der Waals surface area (Å²) in [4.78, 5) is 9.64. The number of hydrogen-bond donors (Lipinski definition) is 0. The van der Waals surface area contributed by atoms with Crippen molar-refractivity contribution < 1.29 is 57.0 Å². The Labute approximate surface area is 88.2 Å². The minimum atomic E-state index is -4.80. The van der Waals surface area contributed by atoms with Gasteiger partial charge in [0.15, 0.2) is 0 Å². The Balaban J connectivity index is 0. The molecule has 7 heteroatoms. The molecule has 0 saturated carbocycles. The zero-order valence-corrected chi connectivity index (χ0v) is 8.32. The van der Waals surface area contributed by atoms with Gasteiger partial charge in [0, 0.05) is 12.4 Å². The number of carboxylic acids is 1. The molecule has 1 atom stereocenters. The molecule has 0 aliphatic heterocycles. The van der Waals surface area contributed by atoms with Crippen molar-refractivity contribution in [2.45, 2.75) is 12.6 Å². The Hall–Kier alpha value is 0.190. The Morgan fingerprint density at radius 3 is 1.92 bits per heavy atom.